The number of carboxylic acids is 1. The summed E-state index contributed by atoms with van der Waals surface area (Å²) in [6, 6.07) is 17.9. The molecule has 6 rings (SSSR count). The van der Waals surface area contributed by atoms with Gasteiger partial charge >= 0.3 is 5.97 Å². The predicted molar refractivity (Wildman–Crippen MR) is 162 cm³/mol. The Morgan fingerprint density at radius 3 is 2.39 bits per heavy atom. The molecule has 0 aliphatic carbocycles. The smallest absolute Gasteiger partial charge is 0.308 e. The number of aliphatic imine (C=N–C) groups is 1. The molecular weight excluding hydrogens is 534 g/mol. The predicted octanol–water partition coefficient (Wildman–Crippen LogP) is 5.44. The molecular formula is C32H35N5O3S. The first-order valence-electron chi connectivity index (χ1n) is 14.1. The number of aryl methyl sites for hydroxylation is 2. The SMILES string of the molecule is Cc1sc2c(c1C)C(c1ccc(N3CCC(O)(Cc4ccccc4)CC3)cc1)=NC([C@H](C)C(=O)O)c1nnc(C)n1-2. The summed E-state index contributed by atoms with van der Waals surface area (Å²) in [6.45, 7) is 9.33. The molecule has 0 amide bonds. The lowest BCUT2D eigenvalue weighted by Gasteiger charge is -2.39. The van der Waals surface area contributed by atoms with Crippen LogP contribution in [0.1, 0.15) is 64.6 Å². The number of anilines is 1. The standard InChI is InChI=1S/C32H35N5O3S/c1-19-21(3)41-30-26(19)28(33-27(20(2)31(38)39)29-35-34-22(4)37(29)30)24-10-12-25(13-11-24)36-16-14-32(40,15-17-36)18-23-8-6-5-7-9-23/h5-13,20,27,40H,14-18H2,1-4H3,(H,38,39)/t20-,27?/m0/s1. The summed E-state index contributed by atoms with van der Waals surface area (Å²) < 4.78 is 1.99. The Balaban J connectivity index is 1.31. The van der Waals surface area contributed by atoms with Crippen molar-refractivity contribution < 1.29 is 15.0 Å². The molecule has 0 bridgehead atoms. The molecule has 4 aromatic rings. The summed E-state index contributed by atoms with van der Waals surface area (Å²) >= 11 is 1.66. The molecule has 212 valence electrons. The van der Waals surface area contributed by atoms with Crippen LogP contribution < -0.4 is 4.90 Å². The number of aliphatic carboxylic acids is 1. The van der Waals surface area contributed by atoms with Crippen LogP contribution in [0.25, 0.3) is 5.00 Å². The number of hydrogen-bond acceptors (Lipinski definition) is 7. The van der Waals surface area contributed by atoms with Crippen molar-refractivity contribution in [3.8, 4) is 5.00 Å². The zero-order valence-corrected chi connectivity index (χ0v) is 24.6. The van der Waals surface area contributed by atoms with E-state index >= 15 is 0 Å². The molecule has 2 atom stereocenters. The van der Waals surface area contributed by atoms with Gasteiger partial charge in [0.05, 0.1) is 17.2 Å². The third kappa shape index (κ3) is 4.97. The van der Waals surface area contributed by atoms with Gasteiger partial charge < -0.3 is 15.1 Å². The Morgan fingerprint density at radius 2 is 1.73 bits per heavy atom. The first-order chi connectivity index (χ1) is 19.6. The average Bonchev–Trinajstić information content (AvgIpc) is 3.43. The van der Waals surface area contributed by atoms with E-state index in [2.05, 4.69) is 65.3 Å². The number of carboxylic acid groups (broad SMARTS) is 1. The highest BCUT2D eigenvalue weighted by atomic mass is 32.1. The number of hydrogen-bond donors (Lipinski definition) is 2. The maximum atomic E-state index is 12.1. The molecule has 2 aromatic carbocycles. The molecule has 2 N–H and O–H groups in total. The van der Waals surface area contributed by atoms with Crippen LogP contribution in [0, 0.1) is 26.7 Å². The normalized spacial score (nSPS) is 18.7. The maximum absolute atomic E-state index is 12.1. The maximum Gasteiger partial charge on any atom is 0.308 e. The fourth-order valence-electron chi connectivity index (χ4n) is 5.98. The van der Waals surface area contributed by atoms with Crippen LogP contribution >= 0.6 is 11.3 Å². The number of rotatable bonds is 6. The van der Waals surface area contributed by atoms with Crippen LogP contribution in [0.4, 0.5) is 5.69 Å². The van der Waals surface area contributed by atoms with Crippen LogP contribution in [0.5, 0.6) is 0 Å². The van der Waals surface area contributed by atoms with Crippen molar-refractivity contribution in [2.24, 2.45) is 10.9 Å². The van der Waals surface area contributed by atoms with E-state index in [0.29, 0.717) is 30.9 Å². The Hall–Kier alpha value is -3.82. The van der Waals surface area contributed by atoms with Gasteiger partial charge in [0.2, 0.25) is 0 Å². The van der Waals surface area contributed by atoms with E-state index in [9.17, 15) is 15.0 Å². The zero-order valence-electron chi connectivity index (χ0n) is 23.8. The number of thiophene rings is 1. The summed E-state index contributed by atoms with van der Waals surface area (Å²) in [4.78, 5) is 20.7. The van der Waals surface area contributed by atoms with Gasteiger partial charge in [-0.2, -0.15) is 0 Å². The van der Waals surface area contributed by atoms with Gasteiger partial charge in [-0.25, -0.2) is 0 Å². The third-order valence-corrected chi connectivity index (χ3v) is 9.82. The number of aliphatic hydroxyl groups is 1. The second-order valence-corrected chi connectivity index (χ2v) is 12.6. The van der Waals surface area contributed by atoms with E-state index < -0.39 is 23.5 Å². The molecule has 0 spiro atoms. The number of nitrogens with zero attached hydrogens (tertiary/aromatic N) is 5. The highest BCUT2D eigenvalue weighted by Crippen LogP contribution is 2.41. The first-order valence-corrected chi connectivity index (χ1v) is 14.9. The Labute approximate surface area is 244 Å². The van der Waals surface area contributed by atoms with E-state index in [1.54, 1.807) is 18.3 Å². The average molecular weight is 570 g/mol. The van der Waals surface area contributed by atoms with Crippen LogP contribution in [0.3, 0.4) is 0 Å². The minimum Gasteiger partial charge on any atom is -0.481 e. The van der Waals surface area contributed by atoms with Crippen molar-refractivity contribution in [1.82, 2.24) is 14.8 Å². The van der Waals surface area contributed by atoms with Gasteiger partial charge in [0.15, 0.2) is 5.82 Å². The molecule has 8 nitrogen and oxygen atoms in total. The van der Waals surface area contributed by atoms with Crippen LogP contribution in [-0.2, 0) is 11.2 Å². The topological polar surface area (TPSA) is 104 Å². The second kappa shape index (κ2) is 10.5. The summed E-state index contributed by atoms with van der Waals surface area (Å²) in [6.07, 6.45) is 2.09. The lowest BCUT2D eigenvalue weighted by Crippen LogP contribution is -2.45. The lowest BCUT2D eigenvalue weighted by atomic mass is 9.85. The zero-order chi connectivity index (χ0) is 28.9. The van der Waals surface area contributed by atoms with Crippen molar-refractivity contribution in [3.63, 3.8) is 0 Å². The number of fused-ring (bicyclic) bond motifs is 3. The van der Waals surface area contributed by atoms with Crippen molar-refractivity contribution in [2.75, 3.05) is 18.0 Å². The summed E-state index contributed by atoms with van der Waals surface area (Å²) in [5.74, 6) is -0.418. The largest absolute Gasteiger partial charge is 0.481 e. The number of aromatic nitrogens is 3. The van der Waals surface area contributed by atoms with Gasteiger partial charge in [0.25, 0.3) is 0 Å². The van der Waals surface area contributed by atoms with Crippen molar-refractivity contribution >= 4 is 28.7 Å². The molecule has 2 aliphatic heterocycles. The number of piperidine rings is 1. The summed E-state index contributed by atoms with van der Waals surface area (Å²) in [5.41, 5.74) is 5.44. The van der Waals surface area contributed by atoms with E-state index in [-0.39, 0.29) is 0 Å². The Bertz CT molecular complexity index is 1610. The molecule has 2 aliphatic rings. The summed E-state index contributed by atoms with van der Waals surface area (Å²) in [7, 11) is 0. The van der Waals surface area contributed by atoms with Gasteiger partial charge in [-0.1, -0.05) is 42.5 Å². The van der Waals surface area contributed by atoms with Crippen LogP contribution in [0.15, 0.2) is 59.6 Å². The molecule has 41 heavy (non-hydrogen) atoms. The van der Waals surface area contributed by atoms with Crippen molar-refractivity contribution in [2.45, 2.75) is 58.6 Å². The van der Waals surface area contributed by atoms with E-state index in [1.807, 2.05) is 29.7 Å². The third-order valence-electron chi connectivity index (χ3n) is 8.63. The highest BCUT2D eigenvalue weighted by molar-refractivity contribution is 7.15. The van der Waals surface area contributed by atoms with E-state index in [4.69, 9.17) is 4.99 Å². The minimum atomic E-state index is -0.920. The molecule has 4 heterocycles. The van der Waals surface area contributed by atoms with Gasteiger partial charge in [0, 0.05) is 41.2 Å². The number of benzene rings is 2. The molecule has 0 saturated carbocycles. The molecule has 9 heteroatoms. The second-order valence-electron chi connectivity index (χ2n) is 11.4. The first kappa shape index (κ1) is 27.4. The lowest BCUT2D eigenvalue weighted by molar-refractivity contribution is -0.141. The van der Waals surface area contributed by atoms with Crippen LogP contribution in [-0.4, -0.2) is 55.3 Å². The molecule has 1 fully saturated rings. The number of carbonyl (C=O) groups is 1. The monoisotopic (exact) mass is 569 g/mol. The van der Waals surface area contributed by atoms with Gasteiger partial charge in [0.1, 0.15) is 16.9 Å². The highest BCUT2D eigenvalue weighted by Gasteiger charge is 2.36. The quantitative estimate of drug-likeness (QED) is 0.321. The van der Waals surface area contributed by atoms with Gasteiger partial charge in [-0.15, -0.1) is 21.5 Å². The molecule has 2 aromatic heterocycles. The van der Waals surface area contributed by atoms with E-state index in [0.717, 1.165) is 46.2 Å². The van der Waals surface area contributed by atoms with Gasteiger partial charge in [-0.3, -0.25) is 14.4 Å². The molecule has 1 saturated heterocycles. The minimum absolute atomic E-state index is 0.558. The van der Waals surface area contributed by atoms with Crippen LogP contribution in [0.2, 0.25) is 0 Å². The van der Waals surface area contributed by atoms with Crippen molar-refractivity contribution in [1.29, 1.82) is 0 Å². The van der Waals surface area contributed by atoms with Crippen molar-refractivity contribution in [3.05, 3.63) is 93.4 Å². The van der Waals surface area contributed by atoms with E-state index in [1.165, 1.54) is 10.4 Å². The fourth-order valence-corrected chi connectivity index (χ4v) is 7.20. The fraction of sp³-hybridized carbons (Fsp3) is 0.375. The Morgan fingerprint density at radius 1 is 1.05 bits per heavy atom. The Kier molecular flexibility index (Phi) is 7.03. The molecule has 1 unspecified atom stereocenters. The summed E-state index contributed by atoms with van der Waals surface area (Å²) in [5, 5.41) is 30.9. The molecule has 0 radical (unpaired) electrons. The van der Waals surface area contributed by atoms with Gasteiger partial charge in [-0.05, 0) is 63.8 Å².